The van der Waals surface area contributed by atoms with Gasteiger partial charge in [0.05, 0.1) is 12.1 Å². The minimum Gasteiger partial charge on any atom is -0.492 e. The molecule has 24 heavy (non-hydrogen) atoms. The second-order valence-electron chi connectivity index (χ2n) is 5.38. The van der Waals surface area contributed by atoms with Crippen molar-refractivity contribution in [3.8, 4) is 17.2 Å². The van der Waals surface area contributed by atoms with Gasteiger partial charge in [-0.15, -0.1) is 10.2 Å². The van der Waals surface area contributed by atoms with Crippen molar-refractivity contribution < 1.29 is 9.15 Å². The van der Waals surface area contributed by atoms with Crippen LogP contribution in [-0.2, 0) is 6.54 Å². The predicted molar refractivity (Wildman–Crippen MR) is 95.7 cm³/mol. The number of hydrogen-bond acceptors (Lipinski definition) is 5. The van der Waals surface area contributed by atoms with Crippen LogP contribution in [0.4, 0.5) is 0 Å². The maximum absolute atomic E-state index is 5.75. The zero-order valence-corrected chi connectivity index (χ0v) is 14.9. The van der Waals surface area contributed by atoms with E-state index in [4.69, 9.17) is 9.15 Å². The number of likely N-dealkylation sites (N-methyl/N-ethyl adjacent to an activating group) is 1. The van der Waals surface area contributed by atoms with Crippen molar-refractivity contribution in [3.63, 3.8) is 0 Å². The maximum atomic E-state index is 5.75. The van der Waals surface area contributed by atoms with Crippen LogP contribution >= 0.6 is 15.9 Å². The number of halogens is 1. The molecule has 0 radical (unpaired) electrons. The van der Waals surface area contributed by atoms with Crippen molar-refractivity contribution in [2.45, 2.75) is 6.54 Å². The van der Waals surface area contributed by atoms with Gasteiger partial charge in [0.1, 0.15) is 12.4 Å². The fourth-order valence-corrected chi connectivity index (χ4v) is 2.66. The molecule has 0 N–H and O–H groups in total. The Balaban J connectivity index is 1.52. The number of aromatic nitrogens is 2. The van der Waals surface area contributed by atoms with Crippen molar-refractivity contribution in [1.82, 2.24) is 15.1 Å². The second-order valence-corrected chi connectivity index (χ2v) is 6.23. The van der Waals surface area contributed by atoms with Crippen LogP contribution in [0, 0.1) is 0 Å². The number of nitrogens with zero attached hydrogens (tertiary/aromatic N) is 3. The smallest absolute Gasteiger partial charge is 0.248 e. The molecule has 3 aromatic rings. The topological polar surface area (TPSA) is 51.4 Å². The van der Waals surface area contributed by atoms with Crippen LogP contribution < -0.4 is 4.74 Å². The highest BCUT2D eigenvalue weighted by Gasteiger charge is 2.12. The molecule has 1 heterocycles. The Morgan fingerprint density at radius 2 is 1.79 bits per heavy atom. The summed E-state index contributed by atoms with van der Waals surface area (Å²) in [5.41, 5.74) is 0.895. The fourth-order valence-electron chi connectivity index (χ4n) is 2.21. The van der Waals surface area contributed by atoms with Crippen molar-refractivity contribution in [3.05, 3.63) is 65.0 Å². The van der Waals surface area contributed by atoms with Crippen LogP contribution in [0.2, 0.25) is 0 Å². The second kappa shape index (κ2) is 8.08. The zero-order valence-electron chi connectivity index (χ0n) is 13.4. The monoisotopic (exact) mass is 387 g/mol. The molecule has 0 aliphatic carbocycles. The lowest BCUT2D eigenvalue weighted by molar-refractivity contribution is 0.220. The van der Waals surface area contributed by atoms with Crippen LogP contribution in [0.15, 0.2) is 63.5 Å². The molecule has 0 aliphatic heterocycles. The minimum absolute atomic E-state index is 0.520. The third-order valence-electron chi connectivity index (χ3n) is 3.46. The van der Waals surface area contributed by atoms with E-state index >= 15 is 0 Å². The summed E-state index contributed by atoms with van der Waals surface area (Å²) in [7, 11) is 2.00. The predicted octanol–water partition coefficient (Wildman–Crippen LogP) is 4.01. The quantitative estimate of drug-likeness (QED) is 0.612. The molecule has 124 valence electrons. The van der Waals surface area contributed by atoms with Crippen molar-refractivity contribution >= 4 is 15.9 Å². The lowest BCUT2D eigenvalue weighted by atomic mass is 10.2. The molecule has 5 nitrogen and oxygen atoms in total. The summed E-state index contributed by atoms with van der Waals surface area (Å²) >= 11 is 3.49. The molecule has 0 aliphatic rings. The highest BCUT2D eigenvalue weighted by atomic mass is 79.9. The summed E-state index contributed by atoms with van der Waals surface area (Å²) < 4.78 is 12.4. The maximum Gasteiger partial charge on any atom is 0.248 e. The van der Waals surface area contributed by atoms with Gasteiger partial charge in [0.15, 0.2) is 0 Å². The Kier molecular flexibility index (Phi) is 5.61. The number of benzene rings is 2. The molecule has 0 unspecified atom stereocenters. The first-order chi connectivity index (χ1) is 11.7. The van der Waals surface area contributed by atoms with E-state index in [0.29, 0.717) is 24.9 Å². The van der Waals surface area contributed by atoms with Gasteiger partial charge in [-0.25, -0.2) is 0 Å². The summed E-state index contributed by atoms with van der Waals surface area (Å²) in [6.07, 6.45) is 0. The Morgan fingerprint density at radius 3 is 2.58 bits per heavy atom. The van der Waals surface area contributed by atoms with E-state index in [-0.39, 0.29) is 0 Å². The van der Waals surface area contributed by atoms with E-state index in [1.165, 1.54) is 0 Å². The van der Waals surface area contributed by atoms with E-state index in [0.717, 1.165) is 22.3 Å². The minimum atomic E-state index is 0.520. The lowest BCUT2D eigenvalue weighted by Crippen LogP contribution is -2.24. The molecular formula is C18H18BrN3O2. The Labute approximate surface area is 149 Å². The molecule has 0 saturated heterocycles. The summed E-state index contributed by atoms with van der Waals surface area (Å²) in [6, 6.07) is 17.6. The standard InChI is InChI=1S/C18H18BrN3O2/c1-22(11-12-23-14-7-3-2-4-8-14)13-17-20-21-18(24-17)15-9-5-6-10-16(15)19/h2-10H,11-13H2,1H3. The van der Waals surface area contributed by atoms with Gasteiger partial charge in [-0.2, -0.15) is 0 Å². The Morgan fingerprint density at radius 1 is 1.04 bits per heavy atom. The molecule has 0 amide bonds. The molecular weight excluding hydrogens is 370 g/mol. The number of rotatable bonds is 7. The molecule has 2 aromatic carbocycles. The molecule has 0 fully saturated rings. The SMILES string of the molecule is CN(CCOc1ccccc1)Cc1nnc(-c2ccccc2Br)o1. The Bertz CT molecular complexity index is 777. The van der Waals surface area contributed by atoms with Crippen molar-refractivity contribution in [1.29, 1.82) is 0 Å². The van der Waals surface area contributed by atoms with E-state index in [2.05, 4.69) is 31.0 Å². The van der Waals surface area contributed by atoms with Gasteiger partial charge in [-0.05, 0) is 47.2 Å². The average molecular weight is 388 g/mol. The first kappa shape index (κ1) is 16.7. The number of hydrogen-bond donors (Lipinski definition) is 0. The van der Waals surface area contributed by atoms with Gasteiger partial charge in [-0.3, -0.25) is 4.90 Å². The van der Waals surface area contributed by atoms with E-state index < -0.39 is 0 Å². The van der Waals surface area contributed by atoms with Crippen LogP contribution in [-0.4, -0.2) is 35.3 Å². The number of ether oxygens (including phenoxy) is 1. The third kappa shape index (κ3) is 4.43. The molecule has 6 heteroatoms. The first-order valence-corrected chi connectivity index (χ1v) is 8.45. The van der Waals surface area contributed by atoms with Gasteiger partial charge in [0.25, 0.3) is 0 Å². The normalized spacial score (nSPS) is 11.0. The van der Waals surface area contributed by atoms with Crippen LogP contribution in [0.25, 0.3) is 11.5 Å². The van der Waals surface area contributed by atoms with Crippen LogP contribution in [0.1, 0.15) is 5.89 Å². The molecule has 1 aromatic heterocycles. The van der Waals surface area contributed by atoms with Crippen molar-refractivity contribution in [2.75, 3.05) is 20.2 Å². The summed E-state index contributed by atoms with van der Waals surface area (Å²) in [5, 5.41) is 8.24. The lowest BCUT2D eigenvalue weighted by Gasteiger charge is -2.14. The van der Waals surface area contributed by atoms with Gasteiger partial charge in [-0.1, -0.05) is 30.3 Å². The van der Waals surface area contributed by atoms with Gasteiger partial charge in [0.2, 0.25) is 11.8 Å². The molecule has 0 spiro atoms. The highest BCUT2D eigenvalue weighted by Crippen LogP contribution is 2.26. The fraction of sp³-hybridized carbons (Fsp3) is 0.222. The molecule has 3 rings (SSSR count). The third-order valence-corrected chi connectivity index (χ3v) is 4.15. The van der Waals surface area contributed by atoms with Crippen LogP contribution in [0.5, 0.6) is 5.75 Å². The van der Waals surface area contributed by atoms with E-state index in [1.807, 2.05) is 61.6 Å². The van der Waals surface area contributed by atoms with E-state index in [9.17, 15) is 0 Å². The summed E-state index contributed by atoms with van der Waals surface area (Å²) in [6.45, 7) is 1.95. The molecule has 0 saturated carbocycles. The first-order valence-electron chi connectivity index (χ1n) is 7.66. The highest BCUT2D eigenvalue weighted by molar-refractivity contribution is 9.10. The summed E-state index contributed by atoms with van der Waals surface area (Å²) in [5.74, 6) is 1.98. The van der Waals surface area contributed by atoms with Gasteiger partial charge in [0, 0.05) is 11.0 Å². The van der Waals surface area contributed by atoms with Gasteiger partial charge < -0.3 is 9.15 Å². The van der Waals surface area contributed by atoms with Crippen LogP contribution in [0.3, 0.4) is 0 Å². The number of para-hydroxylation sites is 1. The molecule has 0 atom stereocenters. The van der Waals surface area contributed by atoms with E-state index in [1.54, 1.807) is 0 Å². The summed E-state index contributed by atoms with van der Waals surface area (Å²) in [4.78, 5) is 2.08. The average Bonchev–Trinajstić information content (AvgIpc) is 3.04. The van der Waals surface area contributed by atoms with Crippen molar-refractivity contribution in [2.24, 2.45) is 0 Å². The van der Waals surface area contributed by atoms with Gasteiger partial charge >= 0.3 is 0 Å². The Hall–Kier alpha value is -2.18. The molecule has 0 bridgehead atoms. The largest absolute Gasteiger partial charge is 0.492 e. The zero-order chi connectivity index (χ0) is 16.8.